The van der Waals surface area contributed by atoms with Gasteiger partial charge in [0.05, 0.1) is 11.7 Å². The first-order valence-electron chi connectivity index (χ1n) is 6.14. The van der Waals surface area contributed by atoms with E-state index in [-0.39, 0.29) is 12.5 Å². The molecule has 1 atom stereocenters. The molecule has 0 aliphatic heterocycles. The summed E-state index contributed by atoms with van der Waals surface area (Å²) in [6, 6.07) is 14.1. The van der Waals surface area contributed by atoms with Gasteiger partial charge in [-0.15, -0.1) is 0 Å². The molecule has 0 bridgehead atoms. The van der Waals surface area contributed by atoms with Crippen LogP contribution in [0.2, 0.25) is 0 Å². The Morgan fingerprint density at radius 1 is 1.20 bits per heavy atom. The van der Waals surface area contributed by atoms with E-state index in [1.807, 2.05) is 6.07 Å². The van der Waals surface area contributed by atoms with Gasteiger partial charge < -0.3 is 16.2 Å². The van der Waals surface area contributed by atoms with Crippen molar-refractivity contribution < 1.29 is 9.90 Å². The monoisotopic (exact) mass is 334 g/mol. The van der Waals surface area contributed by atoms with Gasteiger partial charge in [-0.05, 0) is 45.8 Å². The van der Waals surface area contributed by atoms with Crippen LogP contribution in [0.15, 0.2) is 53.0 Å². The molecule has 0 saturated heterocycles. The molecule has 2 aromatic carbocycles. The predicted octanol–water partition coefficient (Wildman–Crippen LogP) is 2.49. The van der Waals surface area contributed by atoms with Crippen LogP contribution in [0, 0.1) is 0 Å². The number of nitrogens with one attached hydrogen (secondary N) is 1. The largest absolute Gasteiger partial charge is 0.399 e. The average Bonchev–Trinajstić information content (AvgIpc) is 2.45. The quantitative estimate of drug-likeness (QED) is 0.752. The van der Waals surface area contributed by atoms with E-state index in [9.17, 15) is 9.90 Å². The van der Waals surface area contributed by atoms with Gasteiger partial charge in [0.1, 0.15) is 0 Å². The average molecular weight is 335 g/mol. The van der Waals surface area contributed by atoms with Crippen LogP contribution < -0.4 is 11.1 Å². The van der Waals surface area contributed by atoms with E-state index >= 15 is 0 Å². The fourth-order valence-electron chi connectivity index (χ4n) is 1.77. The molecule has 1 amide bonds. The maximum Gasteiger partial charge on any atom is 0.252 e. The number of amides is 1. The van der Waals surface area contributed by atoms with E-state index in [2.05, 4.69) is 21.2 Å². The van der Waals surface area contributed by atoms with Gasteiger partial charge >= 0.3 is 0 Å². The summed E-state index contributed by atoms with van der Waals surface area (Å²) in [4.78, 5) is 12.0. The number of hydrogen-bond donors (Lipinski definition) is 3. The van der Waals surface area contributed by atoms with Gasteiger partial charge in [-0.1, -0.05) is 24.3 Å². The maximum atomic E-state index is 12.0. The Hall–Kier alpha value is -1.85. The molecule has 0 heterocycles. The molecule has 0 saturated carbocycles. The fraction of sp³-hybridized carbons (Fsp3) is 0.133. The molecule has 0 spiro atoms. The number of carbonyl (C=O) groups is 1. The van der Waals surface area contributed by atoms with Crippen molar-refractivity contribution in [3.8, 4) is 0 Å². The van der Waals surface area contributed by atoms with E-state index < -0.39 is 6.10 Å². The molecule has 5 heteroatoms. The summed E-state index contributed by atoms with van der Waals surface area (Å²) in [6.07, 6.45) is -0.762. The number of aliphatic hydroxyl groups excluding tert-OH is 1. The van der Waals surface area contributed by atoms with Crippen LogP contribution in [0.1, 0.15) is 22.0 Å². The second kappa shape index (κ2) is 6.54. The number of carbonyl (C=O) groups excluding carboxylic acids is 1. The Kier molecular flexibility index (Phi) is 4.76. The first kappa shape index (κ1) is 14.6. The zero-order chi connectivity index (χ0) is 14.5. The Balaban J connectivity index is 1.97. The van der Waals surface area contributed by atoms with Crippen LogP contribution in [0.5, 0.6) is 0 Å². The molecule has 0 aliphatic carbocycles. The Bertz CT molecular complexity index is 599. The lowest BCUT2D eigenvalue weighted by atomic mass is 10.1. The molecule has 20 heavy (non-hydrogen) atoms. The van der Waals surface area contributed by atoms with Crippen molar-refractivity contribution in [2.24, 2.45) is 0 Å². The van der Waals surface area contributed by atoms with Gasteiger partial charge in [0.25, 0.3) is 5.91 Å². The number of aliphatic hydroxyl groups is 1. The van der Waals surface area contributed by atoms with Gasteiger partial charge in [0, 0.05) is 16.7 Å². The highest BCUT2D eigenvalue weighted by molar-refractivity contribution is 9.10. The molecule has 0 radical (unpaired) electrons. The maximum absolute atomic E-state index is 12.0. The summed E-state index contributed by atoms with van der Waals surface area (Å²) in [5.41, 5.74) is 7.48. The molecule has 2 aromatic rings. The minimum Gasteiger partial charge on any atom is -0.399 e. The summed E-state index contributed by atoms with van der Waals surface area (Å²) in [5.74, 6) is -0.230. The minimum absolute atomic E-state index is 0.143. The zero-order valence-electron chi connectivity index (χ0n) is 10.7. The minimum atomic E-state index is -0.762. The van der Waals surface area contributed by atoms with Crippen molar-refractivity contribution in [3.63, 3.8) is 0 Å². The van der Waals surface area contributed by atoms with Crippen LogP contribution >= 0.6 is 15.9 Å². The van der Waals surface area contributed by atoms with Gasteiger partial charge in [-0.25, -0.2) is 0 Å². The van der Waals surface area contributed by atoms with Crippen molar-refractivity contribution in [2.45, 2.75) is 6.10 Å². The third kappa shape index (κ3) is 3.59. The molecular weight excluding hydrogens is 320 g/mol. The number of halogens is 1. The third-order valence-electron chi connectivity index (χ3n) is 2.90. The fourth-order valence-corrected chi connectivity index (χ4v) is 2.23. The standard InChI is InChI=1S/C15H15BrN2O2/c16-13-4-2-1-3-12(13)15(20)18-9-14(19)10-5-7-11(17)8-6-10/h1-8,14,19H,9,17H2,(H,18,20). The Morgan fingerprint density at radius 2 is 1.85 bits per heavy atom. The van der Waals surface area contributed by atoms with E-state index in [1.165, 1.54) is 0 Å². The highest BCUT2D eigenvalue weighted by atomic mass is 79.9. The molecule has 0 fully saturated rings. The lowest BCUT2D eigenvalue weighted by Crippen LogP contribution is -2.28. The summed E-state index contributed by atoms with van der Waals surface area (Å²) in [6.45, 7) is 0.143. The van der Waals surface area contributed by atoms with Gasteiger partial charge in [0.2, 0.25) is 0 Å². The molecule has 4 N–H and O–H groups in total. The highest BCUT2D eigenvalue weighted by Gasteiger charge is 2.12. The molecule has 0 aliphatic rings. The van der Waals surface area contributed by atoms with Crippen molar-refractivity contribution in [3.05, 3.63) is 64.1 Å². The van der Waals surface area contributed by atoms with Crippen LogP contribution in [-0.2, 0) is 0 Å². The van der Waals surface area contributed by atoms with Crippen molar-refractivity contribution in [1.29, 1.82) is 0 Å². The lowest BCUT2D eigenvalue weighted by Gasteiger charge is -2.13. The van der Waals surface area contributed by atoms with E-state index in [0.717, 1.165) is 4.47 Å². The van der Waals surface area contributed by atoms with Crippen molar-refractivity contribution >= 4 is 27.5 Å². The lowest BCUT2D eigenvalue weighted by molar-refractivity contribution is 0.0915. The Labute approximate surface area is 125 Å². The number of rotatable bonds is 4. The molecule has 1 unspecified atom stereocenters. The molecule has 0 aromatic heterocycles. The first-order valence-corrected chi connectivity index (χ1v) is 6.93. The summed E-state index contributed by atoms with van der Waals surface area (Å²) >= 11 is 3.32. The molecule has 4 nitrogen and oxygen atoms in total. The van der Waals surface area contributed by atoms with E-state index in [1.54, 1.807) is 42.5 Å². The van der Waals surface area contributed by atoms with Crippen molar-refractivity contribution in [1.82, 2.24) is 5.32 Å². The van der Waals surface area contributed by atoms with Crippen LogP contribution in [0.25, 0.3) is 0 Å². The smallest absolute Gasteiger partial charge is 0.252 e. The first-order chi connectivity index (χ1) is 9.58. The highest BCUT2D eigenvalue weighted by Crippen LogP contribution is 2.17. The van der Waals surface area contributed by atoms with E-state index in [4.69, 9.17) is 5.73 Å². The molecular formula is C15H15BrN2O2. The number of benzene rings is 2. The van der Waals surface area contributed by atoms with Gasteiger partial charge in [-0.2, -0.15) is 0 Å². The number of nitrogen functional groups attached to an aromatic ring is 1. The number of nitrogens with two attached hydrogens (primary N) is 1. The summed E-state index contributed by atoms with van der Waals surface area (Å²) in [5, 5.41) is 12.7. The summed E-state index contributed by atoms with van der Waals surface area (Å²) < 4.78 is 0.722. The second-order valence-corrected chi connectivity index (χ2v) is 5.23. The normalized spacial score (nSPS) is 11.9. The number of hydrogen-bond acceptors (Lipinski definition) is 3. The second-order valence-electron chi connectivity index (χ2n) is 4.37. The number of anilines is 1. The van der Waals surface area contributed by atoms with Crippen LogP contribution in [0.3, 0.4) is 0 Å². The zero-order valence-corrected chi connectivity index (χ0v) is 12.3. The third-order valence-corrected chi connectivity index (χ3v) is 3.59. The Morgan fingerprint density at radius 3 is 2.50 bits per heavy atom. The van der Waals surface area contributed by atoms with Crippen LogP contribution in [0.4, 0.5) is 5.69 Å². The van der Waals surface area contributed by atoms with E-state index in [0.29, 0.717) is 16.8 Å². The molecule has 104 valence electrons. The van der Waals surface area contributed by atoms with Crippen molar-refractivity contribution in [2.75, 3.05) is 12.3 Å². The SMILES string of the molecule is Nc1ccc(C(O)CNC(=O)c2ccccc2Br)cc1. The van der Waals surface area contributed by atoms with Gasteiger partial charge in [0.15, 0.2) is 0 Å². The topological polar surface area (TPSA) is 75.3 Å². The summed E-state index contributed by atoms with van der Waals surface area (Å²) in [7, 11) is 0. The predicted molar refractivity (Wildman–Crippen MR) is 82.3 cm³/mol. The van der Waals surface area contributed by atoms with Gasteiger partial charge in [-0.3, -0.25) is 4.79 Å². The van der Waals surface area contributed by atoms with Crippen LogP contribution in [-0.4, -0.2) is 17.6 Å². The molecule has 2 rings (SSSR count).